The normalized spacial score (nSPS) is 14.9. The fourth-order valence-electron chi connectivity index (χ4n) is 10.4. The standard InChI is InChI=1S/C54H40N2O/c1-53(2)42-19-11-8-16-37(42)40-31-41-38-17-9-12-20-45(38)55(48(41)32-43(40)53)36-25-22-33(23-26-36)34-24-27-46-44(30-34)54(3,4)52-47(56(46)35-14-6-5-7-15-35)28-29-50-51(52)39-18-10-13-21-49(39)57-50/h5-32H,1-4H3. The first kappa shape index (κ1) is 32.4. The molecule has 272 valence electrons. The average molecular weight is 733 g/mol. The van der Waals surface area contributed by atoms with E-state index in [0.717, 1.165) is 27.9 Å². The third-order valence-electron chi connectivity index (χ3n) is 13.1. The Bertz CT molecular complexity index is 3290. The van der Waals surface area contributed by atoms with Crippen molar-refractivity contribution in [1.29, 1.82) is 0 Å². The van der Waals surface area contributed by atoms with Crippen molar-refractivity contribution in [3.8, 4) is 27.9 Å². The molecule has 3 heteroatoms. The van der Waals surface area contributed by atoms with Gasteiger partial charge in [-0.05, 0) is 117 Å². The average Bonchev–Trinajstić information content (AvgIpc) is 3.86. The second-order valence-corrected chi connectivity index (χ2v) is 16.9. The summed E-state index contributed by atoms with van der Waals surface area (Å²) in [5.41, 5.74) is 19.1. The Morgan fingerprint density at radius 2 is 1.12 bits per heavy atom. The van der Waals surface area contributed by atoms with Crippen molar-refractivity contribution in [2.24, 2.45) is 0 Å². The molecule has 3 heterocycles. The Hall–Kier alpha value is -6.84. The maximum atomic E-state index is 6.46. The maximum absolute atomic E-state index is 6.46. The van der Waals surface area contributed by atoms with E-state index in [4.69, 9.17) is 4.42 Å². The summed E-state index contributed by atoms with van der Waals surface area (Å²) in [5, 5.41) is 4.92. The van der Waals surface area contributed by atoms with Crippen molar-refractivity contribution in [2.75, 3.05) is 4.90 Å². The smallest absolute Gasteiger partial charge is 0.135 e. The first-order valence-electron chi connectivity index (χ1n) is 20.0. The Morgan fingerprint density at radius 3 is 1.96 bits per heavy atom. The molecule has 0 saturated heterocycles. The Labute approximate surface area is 332 Å². The summed E-state index contributed by atoms with van der Waals surface area (Å²) >= 11 is 0. The topological polar surface area (TPSA) is 21.3 Å². The molecule has 8 aromatic carbocycles. The third-order valence-corrected chi connectivity index (χ3v) is 13.1. The van der Waals surface area contributed by atoms with E-state index in [-0.39, 0.29) is 10.8 Å². The first-order chi connectivity index (χ1) is 27.8. The summed E-state index contributed by atoms with van der Waals surface area (Å²) in [6.45, 7) is 9.48. The summed E-state index contributed by atoms with van der Waals surface area (Å²) in [6, 6.07) is 62.5. The fraction of sp³-hybridized carbons (Fsp3) is 0.111. The molecule has 0 amide bonds. The number of furan rings is 1. The van der Waals surface area contributed by atoms with Crippen LogP contribution in [0.2, 0.25) is 0 Å². The van der Waals surface area contributed by atoms with Crippen LogP contribution in [0.4, 0.5) is 17.1 Å². The third kappa shape index (κ3) is 4.37. The van der Waals surface area contributed by atoms with Gasteiger partial charge in [0.1, 0.15) is 11.2 Å². The highest BCUT2D eigenvalue weighted by Crippen LogP contribution is 2.56. The molecule has 0 fully saturated rings. The molecule has 2 aliphatic rings. The molecule has 57 heavy (non-hydrogen) atoms. The molecule has 3 nitrogen and oxygen atoms in total. The van der Waals surface area contributed by atoms with Crippen molar-refractivity contribution < 1.29 is 4.42 Å². The number of hydrogen-bond donors (Lipinski definition) is 0. The lowest BCUT2D eigenvalue weighted by molar-refractivity contribution is 0.634. The number of aromatic nitrogens is 1. The quantitative estimate of drug-likeness (QED) is 0.180. The number of benzene rings is 8. The summed E-state index contributed by atoms with van der Waals surface area (Å²) in [6.07, 6.45) is 0. The number of rotatable bonds is 3. The summed E-state index contributed by atoms with van der Waals surface area (Å²) in [5.74, 6) is 0. The van der Waals surface area contributed by atoms with Gasteiger partial charge in [-0.25, -0.2) is 0 Å². The molecule has 0 N–H and O–H groups in total. The second-order valence-electron chi connectivity index (χ2n) is 16.9. The lowest BCUT2D eigenvalue weighted by Crippen LogP contribution is -2.31. The minimum atomic E-state index is -0.311. The fourth-order valence-corrected chi connectivity index (χ4v) is 10.4. The number of para-hydroxylation sites is 3. The highest BCUT2D eigenvalue weighted by Gasteiger charge is 2.40. The van der Waals surface area contributed by atoms with Crippen LogP contribution in [0.3, 0.4) is 0 Å². The molecule has 0 radical (unpaired) electrons. The number of hydrogen-bond acceptors (Lipinski definition) is 2. The van der Waals surface area contributed by atoms with Crippen molar-refractivity contribution in [3.05, 3.63) is 192 Å². The van der Waals surface area contributed by atoms with Crippen LogP contribution in [0.5, 0.6) is 0 Å². The maximum Gasteiger partial charge on any atom is 0.135 e. The van der Waals surface area contributed by atoms with Gasteiger partial charge in [-0.3, -0.25) is 0 Å². The van der Waals surface area contributed by atoms with Gasteiger partial charge in [0.05, 0.1) is 22.4 Å². The molecule has 0 unspecified atom stereocenters. The molecule has 0 bridgehead atoms. The van der Waals surface area contributed by atoms with E-state index in [1.165, 1.54) is 83.1 Å². The Balaban J connectivity index is 1.01. The monoisotopic (exact) mass is 732 g/mol. The van der Waals surface area contributed by atoms with Crippen molar-refractivity contribution in [2.45, 2.75) is 38.5 Å². The van der Waals surface area contributed by atoms with E-state index in [1.807, 2.05) is 0 Å². The summed E-state index contributed by atoms with van der Waals surface area (Å²) < 4.78 is 8.91. The van der Waals surface area contributed by atoms with Gasteiger partial charge < -0.3 is 13.9 Å². The van der Waals surface area contributed by atoms with Gasteiger partial charge in [-0.2, -0.15) is 0 Å². The lowest BCUT2D eigenvalue weighted by Gasteiger charge is -2.42. The van der Waals surface area contributed by atoms with Crippen LogP contribution in [-0.4, -0.2) is 4.57 Å². The van der Waals surface area contributed by atoms with Gasteiger partial charge >= 0.3 is 0 Å². The molecule has 0 saturated carbocycles. The molecule has 10 aromatic rings. The van der Waals surface area contributed by atoms with E-state index >= 15 is 0 Å². The molecule has 1 aliphatic heterocycles. The van der Waals surface area contributed by atoms with Crippen LogP contribution in [0.1, 0.15) is 49.9 Å². The van der Waals surface area contributed by atoms with Crippen molar-refractivity contribution >= 4 is 60.8 Å². The van der Waals surface area contributed by atoms with Crippen LogP contribution in [0.25, 0.3) is 71.7 Å². The zero-order valence-electron chi connectivity index (χ0n) is 32.5. The van der Waals surface area contributed by atoms with Gasteiger partial charge in [0.2, 0.25) is 0 Å². The van der Waals surface area contributed by atoms with Gasteiger partial charge in [0, 0.05) is 43.7 Å². The molecule has 0 atom stereocenters. The van der Waals surface area contributed by atoms with Crippen LogP contribution >= 0.6 is 0 Å². The summed E-state index contributed by atoms with van der Waals surface area (Å²) in [4.78, 5) is 2.43. The first-order valence-corrected chi connectivity index (χ1v) is 20.0. The molecular formula is C54H40N2O. The predicted octanol–water partition coefficient (Wildman–Crippen LogP) is 14.8. The van der Waals surface area contributed by atoms with E-state index in [2.05, 4.69) is 207 Å². The molecule has 12 rings (SSSR count). The van der Waals surface area contributed by atoms with Gasteiger partial charge in [-0.1, -0.05) is 125 Å². The van der Waals surface area contributed by atoms with E-state index in [9.17, 15) is 0 Å². The van der Waals surface area contributed by atoms with Crippen LogP contribution < -0.4 is 4.90 Å². The van der Waals surface area contributed by atoms with Crippen LogP contribution in [0.15, 0.2) is 174 Å². The molecule has 1 aliphatic carbocycles. The zero-order valence-corrected chi connectivity index (χ0v) is 32.5. The molecular weight excluding hydrogens is 693 g/mol. The van der Waals surface area contributed by atoms with E-state index < -0.39 is 0 Å². The SMILES string of the molecule is CC1(C)c2ccccc2-c2cc3c4ccccc4n(-c4ccc(-c5ccc6c(c5)C(C)(C)c5c(ccc7oc8ccccc8c57)N6c5ccccc5)cc4)c3cc21. The molecule has 0 spiro atoms. The predicted molar refractivity (Wildman–Crippen MR) is 238 cm³/mol. The van der Waals surface area contributed by atoms with Crippen molar-refractivity contribution in [3.63, 3.8) is 0 Å². The highest BCUT2D eigenvalue weighted by atomic mass is 16.3. The largest absolute Gasteiger partial charge is 0.456 e. The van der Waals surface area contributed by atoms with Gasteiger partial charge in [0.25, 0.3) is 0 Å². The minimum Gasteiger partial charge on any atom is -0.456 e. The zero-order chi connectivity index (χ0) is 38.2. The number of fused-ring (bicyclic) bond motifs is 12. The second kappa shape index (κ2) is 11.4. The highest BCUT2D eigenvalue weighted by molar-refractivity contribution is 6.12. The Kier molecular flexibility index (Phi) is 6.46. The van der Waals surface area contributed by atoms with Gasteiger partial charge in [-0.15, -0.1) is 0 Å². The number of nitrogens with zero attached hydrogens (tertiary/aromatic N) is 2. The van der Waals surface area contributed by atoms with E-state index in [1.54, 1.807) is 0 Å². The van der Waals surface area contributed by atoms with Crippen LogP contribution in [0, 0.1) is 0 Å². The Morgan fingerprint density at radius 1 is 0.421 bits per heavy atom. The van der Waals surface area contributed by atoms with Gasteiger partial charge in [0.15, 0.2) is 0 Å². The van der Waals surface area contributed by atoms with E-state index in [0.29, 0.717) is 0 Å². The van der Waals surface area contributed by atoms with Crippen molar-refractivity contribution in [1.82, 2.24) is 4.57 Å². The minimum absolute atomic E-state index is 0.0709. The summed E-state index contributed by atoms with van der Waals surface area (Å²) in [7, 11) is 0. The van der Waals surface area contributed by atoms with Crippen LogP contribution in [-0.2, 0) is 10.8 Å². The molecule has 2 aromatic heterocycles. The lowest BCUT2D eigenvalue weighted by atomic mass is 9.71. The number of anilines is 3.